The van der Waals surface area contributed by atoms with Crippen LogP contribution < -0.4 is 15.4 Å². The summed E-state index contributed by atoms with van der Waals surface area (Å²) in [5.74, 6) is -0.213. The van der Waals surface area contributed by atoms with Crippen LogP contribution in [0.2, 0.25) is 0 Å². The summed E-state index contributed by atoms with van der Waals surface area (Å²) in [6.07, 6.45) is 6.87. The van der Waals surface area contributed by atoms with Crippen LogP contribution in [0.1, 0.15) is 101 Å². The van der Waals surface area contributed by atoms with Gasteiger partial charge in [0.05, 0.1) is 83.9 Å². The van der Waals surface area contributed by atoms with Crippen LogP contribution in [-0.2, 0) is 23.8 Å². The van der Waals surface area contributed by atoms with Gasteiger partial charge in [-0.15, -0.1) is 11.3 Å². The number of carbonyl (C=O) groups is 4. The molecule has 18 nitrogen and oxygen atoms in total. The number of aromatic amines is 2. The zero-order chi connectivity index (χ0) is 53.8. The van der Waals surface area contributed by atoms with E-state index in [1.165, 1.54) is 43.8 Å². The Hall–Kier alpha value is -7.65. The number of hydrogen-bond donors (Lipinski definition) is 4. The number of H-pyrrole nitrogens is 2. The molecule has 7 aromatic rings. The van der Waals surface area contributed by atoms with Crippen molar-refractivity contribution in [2.45, 2.75) is 109 Å². The van der Waals surface area contributed by atoms with Gasteiger partial charge in [0.2, 0.25) is 18.0 Å². The average molecular weight is 1070 g/mol. The van der Waals surface area contributed by atoms with Gasteiger partial charge in [-0.2, -0.15) is 0 Å². The molecule has 3 aromatic carbocycles. The van der Waals surface area contributed by atoms with Crippen molar-refractivity contribution in [3.05, 3.63) is 107 Å². The molecule has 3 fully saturated rings. The summed E-state index contributed by atoms with van der Waals surface area (Å²) in [6, 6.07) is 14.9. The molecule has 8 atom stereocenters. The maximum atomic E-state index is 17.1. The Bertz CT molecular complexity index is 3360. The normalized spacial score (nSPS) is 21.8. The topological polar surface area (TPSA) is 211 Å². The van der Waals surface area contributed by atoms with E-state index in [0.717, 1.165) is 45.4 Å². The van der Waals surface area contributed by atoms with Gasteiger partial charge in [-0.05, 0) is 119 Å². The number of alkyl carbamates (subject to hydrolysis) is 2. The van der Waals surface area contributed by atoms with Crippen molar-refractivity contribution in [2.75, 3.05) is 27.3 Å². The highest BCUT2D eigenvalue weighted by molar-refractivity contribution is 7.15. The molecule has 11 rings (SSSR count). The number of amides is 4. The Balaban J connectivity index is 0.915. The molecule has 402 valence electrons. The number of halogens is 2. The number of nitrogens with zero attached hydrogens (tertiary/aromatic N) is 6. The predicted octanol–water partition coefficient (Wildman–Crippen LogP) is 10.1. The van der Waals surface area contributed by atoms with Crippen LogP contribution >= 0.6 is 11.3 Å². The zero-order valence-corrected chi connectivity index (χ0v) is 44.3. The molecule has 4 N–H and O–H groups in total. The van der Waals surface area contributed by atoms with E-state index in [0.29, 0.717) is 78.1 Å². The van der Waals surface area contributed by atoms with Crippen molar-refractivity contribution in [3.8, 4) is 50.1 Å². The summed E-state index contributed by atoms with van der Waals surface area (Å²) in [4.78, 5) is 78.5. The fourth-order valence-corrected chi connectivity index (χ4v) is 12.6. The van der Waals surface area contributed by atoms with Crippen LogP contribution in [0.15, 0.2) is 79.3 Å². The van der Waals surface area contributed by atoms with E-state index in [2.05, 4.69) is 20.6 Å². The number of carbonyl (C=O) groups excluding carboxylic acids is 4. The Morgan fingerprint density at radius 1 is 0.753 bits per heavy atom. The van der Waals surface area contributed by atoms with Crippen LogP contribution in [0.25, 0.3) is 55.2 Å². The number of methoxy groups -OCH3 is 2. The number of rotatable bonds is 12. The molecule has 0 radical (unpaired) electrons. The zero-order valence-electron chi connectivity index (χ0n) is 43.5. The Morgan fingerprint density at radius 2 is 1.38 bits per heavy atom. The van der Waals surface area contributed by atoms with Crippen molar-refractivity contribution in [3.63, 3.8) is 0 Å². The lowest BCUT2D eigenvalue weighted by Gasteiger charge is -2.38. The molecule has 4 aliphatic heterocycles. The van der Waals surface area contributed by atoms with Crippen molar-refractivity contribution >= 4 is 46.2 Å². The lowest BCUT2D eigenvalue weighted by Crippen LogP contribution is -2.54. The van der Waals surface area contributed by atoms with E-state index in [4.69, 9.17) is 33.9 Å². The smallest absolute Gasteiger partial charge is 0.407 e. The number of likely N-dealkylation sites (tertiary alicyclic amines) is 2. The maximum absolute atomic E-state index is 17.1. The summed E-state index contributed by atoms with van der Waals surface area (Å²) in [5.41, 5.74) is 4.86. The van der Waals surface area contributed by atoms with Gasteiger partial charge < -0.3 is 49.3 Å². The highest BCUT2D eigenvalue weighted by atomic mass is 32.1. The average Bonchev–Trinajstić information content (AvgIpc) is 4.49. The summed E-state index contributed by atoms with van der Waals surface area (Å²) < 4.78 is 55.7. The highest BCUT2D eigenvalue weighted by Gasteiger charge is 2.43. The first kappa shape index (κ1) is 51.5. The minimum absolute atomic E-state index is 0.0701. The molecular formula is C56H60F2N10O8S. The molecule has 3 saturated heterocycles. The van der Waals surface area contributed by atoms with E-state index in [1.54, 1.807) is 41.7 Å². The number of imidazole rings is 2. The fraction of sp³-hybridized carbons (Fsp3) is 0.411. The van der Waals surface area contributed by atoms with Crippen molar-refractivity contribution < 1.29 is 46.9 Å². The highest BCUT2D eigenvalue weighted by Crippen LogP contribution is 2.49. The number of fused-ring (bicyclic) bond motifs is 5. The minimum Gasteiger partial charge on any atom is -0.464 e. The SMILES string of the molecule is COC(=O)NC(C(=O)N1CCC[C@H]1c1ncc(-c2ccc3c(c2)cc2n3C(c3cnc(-c4ccc(F)cc4)s3)Oc3cc(-c4cnc([C@@H]5CCCN5C(=O)[C@@H](NC(=O)OC)C(C)C)[nH]4)cc(F)c3-2)[nH]1)C1C[C@@H](C)O[C@@H](C)C1. The second-order valence-electron chi connectivity index (χ2n) is 20.8. The Labute approximate surface area is 446 Å². The molecule has 4 amide bonds. The van der Waals surface area contributed by atoms with Gasteiger partial charge in [-0.25, -0.2) is 33.3 Å². The number of thiazole rings is 1. The van der Waals surface area contributed by atoms with E-state index >= 15 is 4.39 Å². The standard InChI is InChI=1S/C56H60F2N10O8S/c1-28(2)47(64-55(71)73-5)52(69)66-17-7-9-41(66)50-60-26-39(63-50)33-22-37(58)46-43-23-34-21-32(13-16-40(34)68(43)54(76-44(46)24-33)45-27-61-51(77-45)31-11-14-36(57)15-12-31)38-25-59-49(62-38)42-10-8-18-67(42)53(70)48(65-56(72)74-6)35-19-29(3)75-30(4)20-35/h11-16,21-30,35,41-42,47-48,54H,7-10,17-20H2,1-6H3,(H,59,62)(H,60,63)(H,64,71)(H,65,72)/t29-,30+,35?,41-,42-,47-,48?,54?/m0/s1. The molecule has 0 saturated carbocycles. The second-order valence-corrected chi connectivity index (χ2v) is 21.8. The van der Waals surface area contributed by atoms with E-state index in [1.807, 2.05) is 61.4 Å². The predicted molar refractivity (Wildman–Crippen MR) is 282 cm³/mol. The first-order chi connectivity index (χ1) is 37.2. The summed E-state index contributed by atoms with van der Waals surface area (Å²) in [7, 11) is 2.54. The lowest BCUT2D eigenvalue weighted by atomic mass is 9.85. The molecule has 21 heteroatoms. The molecule has 4 aliphatic rings. The van der Waals surface area contributed by atoms with Crippen LogP contribution in [0.5, 0.6) is 5.75 Å². The fourth-order valence-electron chi connectivity index (χ4n) is 11.7. The van der Waals surface area contributed by atoms with Crippen molar-refractivity contribution in [2.24, 2.45) is 11.8 Å². The molecular weight excluding hydrogens is 1010 g/mol. The quantitative estimate of drug-likeness (QED) is 0.0904. The lowest BCUT2D eigenvalue weighted by molar-refractivity contribution is -0.138. The van der Waals surface area contributed by atoms with E-state index < -0.39 is 42.4 Å². The number of hydrogen-bond acceptors (Lipinski definition) is 12. The van der Waals surface area contributed by atoms with Gasteiger partial charge in [-0.3, -0.25) is 14.2 Å². The van der Waals surface area contributed by atoms with Gasteiger partial charge in [-0.1, -0.05) is 19.9 Å². The van der Waals surface area contributed by atoms with E-state index in [-0.39, 0.29) is 53.3 Å². The third-order valence-electron chi connectivity index (χ3n) is 15.3. The summed E-state index contributed by atoms with van der Waals surface area (Å²) >= 11 is 1.39. The van der Waals surface area contributed by atoms with E-state index in [9.17, 15) is 23.6 Å². The Morgan fingerprint density at radius 3 is 2.03 bits per heavy atom. The maximum Gasteiger partial charge on any atom is 0.407 e. The number of benzene rings is 3. The number of aromatic nitrogens is 6. The van der Waals surface area contributed by atoms with Crippen LogP contribution in [-0.4, -0.2) is 115 Å². The molecule has 0 spiro atoms. The summed E-state index contributed by atoms with van der Waals surface area (Å²) in [6.45, 7) is 8.65. The van der Waals surface area contributed by atoms with Gasteiger partial charge in [0.15, 0.2) is 0 Å². The minimum atomic E-state index is -0.802. The second kappa shape index (κ2) is 21.1. The largest absolute Gasteiger partial charge is 0.464 e. The van der Waals surface area contributed by atoms with Crippen LogP contribution in [0, 0.1) is 23.5 Å². The molecule has 3 unspecified atom stereocenters. The number of ether oxygens (including phenoxy) is 4. The number of nitrogens with one attached hydrogen (secondary N) is 4. The molecule has 0 bridgehead atoms. The Kier molecular flexibility index (Phi) is 14.1. The third kappa shape index (κ3) is 9.90. The first-order valence-corrected chi connectivity index (χ1v) is 26.9. The van der Waals surface area contributed by atoms with Crippen LogP contribution in [0.3, 0.4) is 0 Å². The molecule has 8 heterocycles. The van der Waals surface area contributed by atoms with Crippen LogP contribution in [0.4, 0.5) is 18.4 Å². The molecule has 77 heavy (non-hydrogen) atoms. The first-order valence-electron chi connectivity index (χ1n) is 26.1. The van der Waals surface area contributed by atoms with Crippen molar-refractivity contribution in [1.29, 1.82) is 0 Å². The van der Waals surface area contributed by atoms with Crippen molar-refractivity contribution in [1.82, 2.24) is 49.9 Å². The molecule has 4 aromatic heterocycles. The third-order valence-corrected chi connectivity index (χ3v) is 16.4. The van der Waals surface area contributed by atoms with Gasteiger partial charge in [0.1, 0.15) is 46.1 Å². The molecule has 0 aliphatic carbocycles. The monoisotopic (exact) mass is 1070 g/mol. The van der Waals surface area contributed by atoms with Gasteiger partial charge in [0, 0.05) is 41.4 Å². The summed E-state index contributed by atoms with van der Waals surface area (Å²) in [5, 5.41) is 6.98. The van der Waals surface area contributed by atoms with Gasteiger partial charge >= 0.3 is 12.2 Å². The van der Waals surface area contributed by atoms with Gasteiger partial charge in [0.25, 0.3) is 0 Å².